The molecule has 2 aliphatic carbocycles. The molecule has 1 radical (unpaired) electrons. The molecule has 1 nitrogen and oxygen atoms in total. The van der Waals surface area contributed by atoms with Crippen LogP contribution in [0.2, 0.25) is 0 Å². The van der Waals surface area contributed by atoms with Crippen LogP contribution >= 0.6 is 0 Å². The van der Waals surface area contributed by atoms with E-state index in [4.69, 9.17) is 0 Å². The van der Waals surface area contributed by atoms with Gasteiger partial charge in [0.2, 0.25) is 0 Å². The Bertz CT molecular complexity index is 142. The van der Waals surface area contributed by atoms with Crippen LogP contribution in [0.25, 0.3) is 0 Å². The summed E-state index contributed by atoms with van der Waals surface area (Å²) in [6, 6.07) is 1.85. The quantitative estimate of drug-likeness (QED) is 0.593. The van der Waals surface area contributed by atoms with Crippen molar-refractivity contribution in [3.8, 4) is 0 Å². The molecular formula is C12H24BN+. The van der Waals surface area contributed by atoms with Crippen molar-refractivity contribution in [1.82, 2.24) is 4.81 Å². The largest absolute Gasteiger partial charge is 0.420 e. The SMILES string of the molecule is B[N+](C1CCCCC1)C1CCCCC1. The summed E-state index contributed by atoms with van der Waals surface area (Å²) in [6.45, 7) is 0. The minimum atomic E-state index is 0.923. The monoisotopic (exact) mass is 193 g/mol. The van der Waals surface area contributed by atoms with Gasteiger partial charge in [-0.25, -0.2) is 0 Å². The average Bonchev–Trinajstić information content (AvgIpc) is 2.30. The lowest BCUT2D eigenvalue weighted by atomic mass is 9.86. The Morgan fingerprint density at radius 3 is 1.36 bits per heavy atom. The van der Waals surface area contributed by atoms with Gasteiger partial charge >= 0.3 is 7.98 Å². The van der Waals surface area contributed by atoms with Crippen molar-refractivity contribution in [2.75, 3.05) is 0 Å². The van der Waals surface area contributed by atoms with Crippen LogP contribution in [-0.4, -0.2) is 20.1 Å². The van der Waals surface area contributed by atoms with Crippen LogP contribution in [0.5, 0.6) is 0 Å². The normalized spacial score (nSPS) is 26.9. The van der Waals surface area contributed by atoms with Crippen LogP contribution in [0.3, 0.4) is 0 Å². The van der Waals surface area contributed by atoms with Gasteiger partial charge < -0.3 is 0 Å². The number of nitrogens with zero attached hydrogens (tertiary/aromatic N) is 1. The molecule has 0 aromatic rings. The second-order valence-electron chi connectivity index (χ2n) is 5.25. The Kier molecular flexibility index (Phi) is 3.92. The second kappa shape index (κ2) is 5.20. The summed E-state index contributed by atoms with van der Waals surface area (Å²) in [5, 5.41) is 0. The zero-order valence-electron chi connectivity index (χ0n) is 9.67. The molecule has 0 heterocycles. The van der Waals surface area contributed by atoms with Gasteiger partial charge in [0.25, 0.3) is 0 Å². The molecule has 14 heavy (non-hydrogen) atoms. The first-order chi connectivity index (χ1) is 6.88. The molecule has 0 atom stereocenters. The van der Waals surface area contributed by atoms with E-state index >= 15 is 0 Å². The lowest BCUT2D eigenvalue weighted by Gasteiger charge is -2.32. The number of rotatable bonds is 2. The van der Waals surface area contributed by atoms with Gasteiger partial charge in [0.05, 0.1) is 0 Å². The molecule has 79 valence electrons. The average molecular weight is 193 g/mol. The Morgan fingerprint density at radius 1 is 0.643 bits per heavy atom. The summed E-state index contributed by atoms with van der Waals surface area (Å²) < 4.78 is 0. The van der Waals surface area contributed by atoms with Crippen LogP contribution in [-0.2, 0) is 0 Å². The summed E-state index contributed by atoms with van der Waals surface area (Å²) in [6.07, 6.45) is 14.7. The third kappa shape index (κ3) is 2.53. The molecule has 0 aromatic carbocycles. The van der Waals surface area contributed by atoms with Crippen LogP contribution in [0.15, 0.2) is 0 Å². The van der Waals surface area contributed by atoms with E-state index in [0.29, 0.717) is 0 Å². The standard InChI is InChI=1S/C12H24BN/c13-14(11-7-3-1-4-8-11)12-9-5-2-6-10-12/h11-12H,1-10,13H2/q+1. The van der Waals surface area contributed by atoms with Gasteiger partial charge in [0.15, 0.2) is 0 Å². The van der Waals surface area contributed by atoms with E-state index in [1.54, 1.807) is 0 Å². The summed E-state index contributed by atoms with van der Waals surface area (Å²) in [4.78, 5) is 2.72. The molecule has 0 N–H and O–H groups in total. The topological polar surface area (TPSA) is 5.90 Å². The molecule has 0 aromatic heterocycles. The van der Waals surface area contributed by atoms with Crippen LogP contribution in [0.1, 0.15) is 64.2 Å². The van der Waals surface area contributed by atoms with E-state index in [0.717, 1.165) is 12.1 Å². The minimum absolute atomic E-state index is 0.923. The van der Waals surface area contributed by atoms with E-state index in [9.17, 15) is 0 Å². The van der Waals surface area contributed by atoms with Crippen molar-refractivity contribution in [2.45, 2.75) is 76.3 Å². The summed E-state index contributed by atoms with van der Waals surface area (Å²) >= 11 is 0. The molecule has 0 spiro atoms. The predicted octanol–water partition coefficient (Wildman–Crippen LogP) is 2.34. The first-order valence-electron chi connectivity index (χ1n) is 6.60. The first-order valence-corrected chi connectivity index (χ1v) is 6.60. The fraction of sp³-hybridized carbons (Fsp3) is 1.00. The predicted molar refractivity (Wildman–Crippen MR) is 64.4 cm³/mol. The third-order valence-electron chi connectivity index (χ3n) is 4.30. The highest BCUT2D eigenvalue weighted by Crippen LogP contribution is 2.26. The molecule has 0 amide bonds. The fourth-order valence-corrected chi connectivity index (χ4v) is 3.27. The van der Waals surface area contributed by atoms with E-state index in [-0.39, 0.29) is 0 Å². The maximum Gasteiger partial charge on any atom is 0.420 e. The lowest BCUT2D eigenvalue weighted by Crippen LogP contribution is -2.48. The Morgan fingerprint density at radius 2 is 1.00 bits per heavy atom. The molecular weight excluding hydrogens is 169 g/mol. The fourth-order valence-electron chi connectivity index (χ4n) is 3.27. The van der Waals surface area contributed by atoms with Crippen LogP contribution < -0.4 is 4.81 Å². The molecule has 2 saturated carbocycles. The smallest absolute Gasteiger partial charge is 0.253 e. The van der Waals surface area contributed by atoms with Gasteiger partial charge in [0.1, 0.15) is 12.1 Å². The van der Waals surface area contributed by atoms with Crippen LogP contribution in [0, 0.1) is 0 Å². The van der Waals surface area contributed by atoms with Crippen molar-refractivity contribution >= 4 is 7.98 Å². The highest BCUT2D eigenvalue weighted by molar-refractivity contribution is 6.07. The van der Waals surface area contributed by atoms with E-state index in [1.165, 1.54) is 64.2 Å². The zero-order chi connectivity index (χ0) is 9.80. The van der Waals surface area contributed by atoms with E-state index < -0.39 is 0 Å². The van der Waals surface area contributed by atoms with Gasteiger partial charge in [-0.3, -0.25) is 4.81 Å². The number of hydrogen-bond donors (Lipinski definition) is 0. The van der Waals surface area contributed by atoms with Crippen molar-refractivity contribution in [3.05, 3.63) is 0 Å². The van der Waals surface area contributed by atoms with Gasteiger partial charge in [-0.05, 0) is 25.7 Å². The van der Waals surface area contributed by atoms with Crippen molar-refractivity contribution in [2.24, 2.45) is 0 Å². The van der Waals surface area contributed by atoms with E-state index in [2.05, 4.69) is 12.8 Å². The van der Waals surface area contributed by atoms with Gasteiger partial charge in [0, 0.05) is 25.7 Å². The minimum Gasteiger partial charge on any atom is -0.253 e. The molecule has 2 rings (SSSR count). The Labute approximate surface area is 89.7 Å². The summed E-state index contributed by atoms with van der Waals surface area (Å²) in [5.41, 5.74) is 0. The number of hydrogen-bond acceptors (Lipinski definition) is 1. The van der Waals surface area contributed by atoms with Gasteiger partial charge in [-0.1, -0.05) is 12.8 Å². The van der Waals surface area contributed by atoms with Crippen molar-refractivity contribution in [3.63, 3.8) is 0 Å². The molecule has 2 heteroatoms. The highest BCUT2D eigenvalue weighted by atomic mass is 15.1. The molecule has 2 aliphatic rings. The third-order valence-corrected chi connectivity index (χ3v) is 4.30. The second-order valence-corrected chi connectivity index (χ2v) is 5.25. The Hall–Kier alpha value is 0.0249. The summed E-state index contributed by atoms with van der Waals surface area (Å²) in [7, 11) is 2.38. The lowest BCUT2D eigenvalue weighted by molar-refractivity contribution is 0.248. The van der Waals surface area contributed by atoms with Crippen molar-refractivity contribution < 1.29 is 0 Å². The first kappa shape index (κ1) is 10.5. The maximum absolute atomic E-state index is 2.72. The molecule has 0 unspecified atom stereocenters. The maximum atomic E-state index is 2.72. The zero-order valence-corrected chi connectivity index (χ0v) is 9.67. The van der Waals surface area contributed by atoms with Gasteiger partial charge in [-0.2, -0.15) is 0 Å². The van der Waals surface area contributed by atoms with E-state index in [1.807, 2.05) is 0 Å². The Balaban J connectivity index is 1.82. The molecule has 0 bridgehead atoms. The molecule has 0 aliphatic heterocycles. The summed E-state index contributed by atoms with van der Waals surface area (Å²) in [5.74, 6) is 0. The van der Waals surface area contributed by atoms with Gasteiger partial charge in [-0.15, -0.1) is 0 Å². The highest BCUT2D eigenvalue weighted by Gasteiger charge is 2.32. The molecule has 0 saturated heterocycles. The van der Waals surface area contributed by atoms with Crippen LogP contribution in [0.4, 0.5) is 0 Å². The van der Waals surface area contributed by atoms with Crippen molar-refractivity contribution in [1.29, 1.82) is 0 Å². The molecule has 2 fully saturated rings.